The first kappa shape index (κ1) is 43.3. The first-order valence-corrected chi connectivity index (χ1v) is 23.3. The fraction of sp³-hybridized carbons (Fsp3) is 0.481. The first-order valence-electron chi connectivity index (χ1n) is 23.3. The third-order valence-corrected chi connectivity index (χ3v) is 16.1. The van der Waals surface area contributed by atoms with Crippen molar-refractivity contribution in [3.63, 3.8) is 0 Å². The summed E-state index contributed by atoms with van der Waals surface area (Å²) in [5.41, 5.74) is 1.86. The number of esters is 2. The molecule has 6 aliphatic rings. The number of hydrogen-bond acceptors (Lipinski definition) is 11. The number of hydrogen-bond donors (Lipinski definition) is 3. The smallest absolute Gasteiger partial charge is 0.412 e. The van der Waals surface area contributed by atoms with Crippen molar-refractivity contribution < 1.29 is 38.4 Å². The predicted octanol–water partition coefficient (Wildman–Crippen LogP) is 6.41. The summed E-state index contributed by atoms with van der Waals surface area (Å²) in [6.45, 7) is 9.33. The second kappa shape index (κ2) is 16.1. The molecule has 1 saturated heterocycles. The van der Waals surface area contributed by atoms with Gasteiger partial charge in [0.2, 0.25) is 0 Å². The van der Waals surface area contributed by atoms with Crippen molar-refractivity contribution in [2.24, 2.45) is 11.3 Å². The number of nitrogens with one attached hydrogen (secondary N) is 2. The molecule has 3 aromatic carbocycles. The Hall–Kier alpha value is -5.63. The number of fused-ring (bicyclic) bond motifs is 6. The molecule has 2 bridgehead atoms. The fourth-order valence-electron chi connectivity index (χ4n) is 13.9. The highest BCUT2D eigenvalue weighted by Crippen LogP contribution is 2.68. The van der Waals surface area contributed by atoms with E-state index in [0.29, 0.717) is 49.4 Å². The van der Waals surface area contributed by atoms with Crippen LogP contribution in [0.1, 0.15) is 68.8 Å². The van der Waals surface area contributed by atoms with E-state index in [0.717, 1.165) is 65.9 Å². The first-order chi connectivity index (χ1) is 31.4. The molecule has 1 amide bonds. The highest BCUT2D eigenvalue weighted by atomic mass is 16.6. The summed E-state index contributed by atoms with van der Waals surface area (Å²) in [5.74, 6) is 0.00240. The Morgan fingerprint density at radius 1 is 0.985 bits per heavy atom. The summed E-state index contributed by atoms with van der Waals surface area (Å²) in [7, 11) is 5.10. The maximum Gasteiger partial charge on any atom is 0.412 e. The molecular weight excluding hydrogens is 823 g/mol. The minimum Gasteiger partial charge on any atom is -0.496 e. The number of ether oxygens (including phenoxy) is 4. The summed E-state index contributed by atoms with van der Waals surface area (Å²) in [6, 6.07) is 20.3. The molecule has 1 unspecified atom stereocenters. The highest BCUT2D eigenvalue weighted by molar-refractivity contribution is 5.94. The van der Waals surface area contributed by atoms with Gasteiger partial charge in [-0.1, -0.05) is 74.0 Å². The molecule has 1 aliphatic carbocycles. The van der Waals surface area contributed by atoms with Crippen LogP contribution in [0.3, 0.4) is 0 Å². The molecule has 9 atom stereocenters. The molecule has 5 aliphatic heterocycles. The summed E-state index contributed by atoms with van der Waals surface area (Å²) in [6.07, 6.45) is 8.13. The number of aliphatic hydroxyl groups is 1. The SMILES string of the molecule is CCC1=C[C@@H]2CN(CCc3c([nH]c4ccccc34)[C@@](C(=O)OC)(c3cc4c(cc3OC)N(C)[C@H]3[C@@](O)(CNC(=O)Oc5ccccc5)[C@H](OC(C)=O)[C@]5(CC)C=CCN6CC[C@]43[C@@H]65)C2)C1. The Balaban J connectivity index is 1.22. The van der Waals surface area contributed by atoms with Gasteiger partial charge in [-0.25, -0.2) is 4.79 Å². The number of anilines is 1. The maximum atomic E-state index is 15.4. The molecule has 1 saturated carbocycles. The van der Waals surface area contributed by atoms with Crippen LogP contribution in [-0.2, 0) is 36.3 Å². The Morgan fingerprint density at radius 3 is 2.51 bits per heavy atom. The van der Waals surface area contributed by atoms with Gasteiger partial charge in [-0.15, -0.1) is 0 Å². The number of benzene rings is 3. The maximum absolute atomic E-state index is 15.4. The Morgan fingerprint density at radius 2 is 1.77 bits per heavy atom. The lowest BCUT2D eigenvalue weighted by Gasteiger charge is -2.64. The lowest BCUT2D eigenvalue weighted by Crippen LogP contribution is -2.81. The van der Waals surface area contributed by atoms with Crippen molar-refractivity contribution in [1.29, 1.82) is 0 Å². The standard InChI is InChI=1S/C52H61N5O8/c1-7-33-25-34-28-51(47(59)63-6,43-37(19-23-56(29-33)30-34)36-17-12-13-18-40(36)54-43)39-26-38-41(27-42(39)62-5)55(4)45-50(38)21-24-57-22-14-20-49(8-2,44(50)57)46(64-32(3)58)52(45,61)31-53-48(60)65-35-15-10-9-11-16-35/h9-18,20,25-27,34,44-46,54,61H,7-8,19,21-24,28-31H2,1-6H3,(H,53,60)/t34-,44-,45+,46+,49+,50+,51-,52-/m0/s1. The van der Waals surface area contributed by atoms with E-state index in [1.807, 2.05) is 25.2 Å². The molecule has 1 spiro atoms. The lowest BCUT2D eigenvalue weighted by molar-refractivity contribution is -0.216. The molecule has 1 aromatic heterocycles. The van der Waals surface area contributed by atoms with Crippen LogP contribution < -0.4 is 19.7 Å². The van der Waals surface area contributed by atoms with Gasteiger partial charge in [-0.05, 0) is 80.0 Å². The average molecular weight is 884 g/mol. The van der Waals surface area contributed by atoms with Crippen LogP contribution >= 0.6 is 0 Å². The molecule has 6 heterocycles. The summed E-state index contributed by atoms with van der Waals surface area (Å²) in [5, 5.41) is 17.9. The van der Waals surface area contributed by atoms with Crippen LogP contribution in [-0.4, -0.2) is 122 Å². The van der Waals surface area contributed by atoms with Crippen molar-refractivity contribution in [3.8, 4) is 11.5 Å². The second-order valence-corrected chi connectivity index (χ2v) is 19.2. The largest absolute Gasteiger partial charge is 0.496 e. The number of carbonyl (C=O) groups excluding carboxylic acids is 3. The van der Waals surface area contributed by atoms with Gasteiger partial charge in [-0.2, -0.15) is 0 Å². The molecule has 4 aromatic rings. The van der Waals surface area contributed by atoms with Gasteiger partial charge in [-0.3, -0.25) is 19.4 Å². The number of aromatic nitrogens is 1. The topological polar surface area (TPSA) is 146 Å². The number of nitrogens with zero attached hydrogens (tertiary/aromatic N) is 3. The van der Waals surface area contributed by atoms with Crippen molar-refractivity contribution >= 4 is 34.6 Å². The van der Waals surface area contributed by atoms with E-state index in [4.69, 9.17) is 18.9 Å². The monoisotopic (exact) mass is 883 g/mol. The zero-order valence-corrected chi connectivity index (χ0v) is 38.3. The molecule has 10 rings (SSSR count). The molecule has 342 valence electrons. The summed E-state index contributed by atoms with van der Waals surface area (Å²) < 4.78 is 24.6. The molecule has 3 N–H and O–H groups in total. The van der Waals surface area contributed by atoms with Crippen molar-refractivity contribution in [2.45, 2.75) is 87.5 Å². The van der Waals surface area contributed by atoms with E-state index in [9.17, 15) is 14.7 Å². The molecule has 13 nitrogen and oxygen atoms in total. The van der Waals surface area contributed by atoms with Gasteiger partial charge in [0.15, 0.2) is 0 Å². The van der Waals surface area contributed by atoms with Gasteiger partial charge in [0.1, 0.15) is 28.6 Å². The molecule has 13 heteroatoms. The minimum absolute atomic E-state index is 0.0193. The Kier molecular flexibility index (Phi) is 10.7. The number of methoxy groups -OCH3 is 2. The third kappa shape index (κ3) is 6.32. The Labute approximate surface area is 380 Å². The van der Waals surface area contributed by atoms with Crippen molar-refractivity contribution in [1.82, 2.24) is 20.1 Å². The van der Waals surface area contributed by atoms with Crippen LogP contribution in [0.2, 0.25) is 0 Å². The van der Waals surface area contributed by atoms with Crippen LogP contribution in [0.25, 0.3) is 10.9 Å². The van der Waals surface area contributed by atoms with E-state index < -0.39 is 46.1 Å². The molecule has 0 radical (unpaired) electrons. The van der Waals surface area contributed by atoms with E-state index in [-0.39, 0.29) is 24.5 Å². The van der Waals surface area contributed by atoms with Crippen molar-refractivity contribution in [2.75, 3.05) is 65.4 Å². The van der Waals surface area contributed by atoms with Crippen LogP contribution in [0.4, 0.5) is 10.5 Å². The number of likely N-dealkylation sites (N-methyl/N-ethyl adjacent to an activating group) is 1. The predicted molar refractivity (Wildman–Crippen MR) is 247 cm³/mol. The summed E-state index contributed by atoms with van der Waals surface area (Å²) in [4.78, 5) is 53.3. The number of carbonyl (C=O) groups is 3. The lowest BCUT2D eigenvalue weighted by atomic mass is 9.47. The van der Waals surface area contributed by atoms with E-state index in [1.54, 1.807) is 31.4 Å². The third-order valence-electron chi connectivity index (χ3n) is 16.1. The normalized spacial score (nSPS) is 32.1. The minimum atomic E-state index is -1.86. The van der Waals surface area contributed by atoms with E-state index in [1.165, 1.54) is 19.6 Å². The fourth-order valence-corrected chi connectivity index (χ4v) is 13.9. The highest BCUT2D eigenvalue weighted by Gasteiger charge is 2.78. The number of aromatic amines is 1. The van der Waals surface area contributed by atoms with E-state index in [2.05, 4.69) is 81.3 Å². The zero-order chi connectivity index (χ0) is 45.5. The number of amides is 1. The average Bonchev–Trinajstić information content (AvgIpc) is 3.98. The quantitative estimate of drug-likeness (QED) is 0.127. The van der Waals surface area contributed by atoms with E-state index >= 15 is 4.79 Å². The van der Waals surface area contributed by atoms with Gasteiger partial charge in [0.25, 0.3) is 0 Å². The van der Waals surface area contributed by atoms with Crippen LogP contribution in [0.15, 0.2) is 90.5 Å². The van der Waals surface area contributed by atoms with Gasteiger partial charge >= 0.3 is 18.0 Å². The number of rotatable bonds is 9. The zero-order valence-electron chi connectivity index (χ0n) is 38.3. The second-order valence-electron chi connectivity index (χ2n) is 19.2. The van der Waals surface area contributed by atoms with Gasteiger partial charge < -0.3 is 39.3 Å². The molecule has 65 heavy (non-hydrogen) atoms. The summed E-state index contributed by atoms with van der Waals surface area (Å²) >= 11 is 0. The van der Waals surface area contributed by atoms with Gasteiger partial charge in [0, 0.05) is 90.9 Å². The Bertz CT molecular complexity index is 2610. The van der Waals surface area contributed by atoms with Crippen LogP contribution in [0.5, 0.6) is 11.5 Å². The number of H-pyrrole nitrogens is 1. The number of para-hydroxylation sites is 2. The molecular formula is C52H61N5O8. The molecule has 2 fully saturated rings. The van der Waals surface area contributed by atoms with Crippen LogP contribution in [0, 0.1) is 11.3 Å². The van der Waals surface area contributed by atoms with Gasteiger partial charge in [0.05, 0.1) is 26.8 Å². The van der Waals surface area contributed by atoms with Crippen molar-refractivity contribution in [3.05, 3.63) is 113 Å².